The molecule has 1 aromatic heterocycles. The molecule has 2 bridgehead atoms. The number of rotatable bonds is 5. The molecule has 4 heterocycles. The number of pyridine rings is 1. The lowest BCUT2D eigenvalue weighted by Gasteiger charge is -2.42. The fourth-order valence-corrected chi connectivity index (χ4v) is 5.96. The number of methoxy groups -OCH3 is 2. The molecule has 190 valence electrons. The quantitative estimate of drug-likeness (QED) is 0.533. The second-order valence-electron chi connectivity index (χ2n) is 9.85. The summed E-state index contributed by atoms with van der Waals surface area (Å²) in [5.74, 6) is 2.07. The van der Waals surface area contributed by atoms with Gasteiger partial charge in [-0.25, -0.2) is 0 Å². The minimum absolute atomic E-state index is 0.0538. The van der Waals surface area contributed by atoms with Gasteiger partial charge in [0, 0.05) is 49.4 Å². The topological polar surface area (TPSA) is 90.2 Å². The Morgan fingerprint density at radius 1 is 1.03 bits per heavy atom. The number of hydrogen-bond acceptors (Lipinski definition) is 7. The molecule has 0 aliphatic carbocycles. The van der Waals surface area contributed by atoms with Crippen molar-refractivity contribution in [2.24, 2.45) is 5.92 Å². The van der Waals surface area contributed by atoms with Gasteiger partial charge in [0.1, 0.15) is 11.5 Å². The molecule has 0 radical (unpaired) electrons. The van der Waals surface area contributed by atoms with Crippen LogP contribution in [0.4, 0.5) is 0 Å². The van der Waals surface area contributed by atoms with Crippen LogP contribution in [0.25, 0.3) is 6.08 Å². The number of piperidine rings is 1. The Kier molecular flexibility index (Phi) is 5.76. The smallest absolute Gasteiger partial charge is 0.250 e. The van der Waals surface area contributed by atoms with Gasteiger partial charge in [-0.3, -0.25) is 14.5 Å². The molecule has 37 heavy (non-hydrogen) atoms. The molecule has 2 atom stereocenters. The summed E-state index contributed by atoms with van der Waals surface area (Å²) in [5.41, 5.74) is 2.80. The highest BCUT2D eigenvalue weighted by Gasteiger charge is 2.37. The van der Waals surface area contributed by atoms with Crippen LogP contribution in [0, 0.1) is 5.92 Å². The van der Waals surface area contributed by atoms with Crippen LogP contribution < -0.4 is 19.8 Å². The third-order valence-electron chi connectivity index (χ3n) is 7.57. The summed E-state index contributed by atoms with van der Waals surface area (Å²) < 4.78 is 18.9. The molecule has 3 aromatic rings. The number of fused-ring (bicyclic) bond motifs is 5. The maximum absolute atomic E-state index is 13.2. The molecule has 8 heteroatoms. The first kappa shape index (κ1) is 23.4. The standard InChI is InChI=1S/C29H28N2O6/c1-35-24-7-3-5-18(28(24)36-2)12-25-27(34)20-9-10-23(32)21(29(20)37-25)16-30-13-17-11-19(15-30)22-6-4-8-26(33)31(22)14-17/h3-10,12,17,19,32H,11,13-16H2,1-2H3/t17-,19-/m0/s1. The van der Waals surface area contributed by atoms with Gasteiger partial charge in [-0.2, -0.15) is 0 Å². The molecule has 3 aliphatic heterocycles. The Morgan fingerprint density at radius 3 is 2.68 bits per heavy atom. The number of ketones is 1. The van der Waals surface area contributed by atoms with Crippen molar-refractivity contribution in [2.75, 3.05) is 27.3 Å². The van der Waals surface area contributed by atoms with E-state index in [9.17, 15) is 14.7 Å². The van der Waals surface area contributed by atoms with Crippen LogP contribution in [0.2, 0.25) is 0 Å². The molecule has 0 unspecified atom stereocenters. The van der Waals surface area contributed by atoms with E-state index in [1.807, 2.05) is 28.8 Å². The number of likely N-dealkylation sites (tertiary alicyclic amines) is 1. The van der Waals surface area contributed by atoms with Crippen molar-refractivity contribution in [3.8, 4) is 23.0 Å². The maximum atomic E-state index is 13.2. The predicted octanol–water partition coefficient (Wildman–Crippen LogP) is 3.81. The van der Waals surface area contributed by atoms with Crippen LogP contribution in [-0.2, 0) is 13.1 Å². The molecule has 2 aromatic carbocycles. The fourth-order valence-electron chi connectivity index (χ4n) is 5.96. The van der Waals surface area contributed by atoms with E-state index in [0.29, 0.717) is 52.9 Å². The largest absolute Gasteiger partial charge is 0.507 e. The van der Waals surface area contributed by atoms with Gasteiger partial charge in [0.05, 0.1) is 25.3 Å². The normalized spacial score (nSPS) is 21.4. The summed E-state index contributed by atoms with van der Waals surface area (Å²) in [6.45, 7) is 2.71. The fraction of sp³-hybridized carbons (Fsp3) is 0.310. The van der Waals surface area contributed by atoms with E-state index in [0.717, 1.165) is 25.2 Å². The van der Waals surface area contributed by atoms with Crippen molar-refractivity contribution in [1.82, 2.24) is 9.47 Å². The zero-order valence-corrected chi connectivity index (χ0v) is 20.8. The molecule has 6 rings (SSSR count). The first-order valence-corrected chi connectivity index (χ1v) is 12.4. The number of allylic oxidation sites excluding steroid dienone is 1. The number of hydrogen-bond donors (Lipinski definition) is 1. The highest BCUT2D eigenvalue weighted by atomic mass is 16.5. The van der Waals surface area contributed by atoms with Crippen LogP contribution >= 0.6 is 0 Å². The summed E-state index contributed by atoms with van der Waals surface area (Å²) in [6.07, 6.45) is 2.69. The lowest BCUT2D eigenvalue weighted by atomic mass is 9.83. The van der Waals surface area contributed by atoms with Gasteiger partial charge < -0.3 is 23.9 Å². The molecule has 8 nitrogen and oxygen atoms in total. The van der Waals surface area contributed by atoms with E-state index in [2.05, 4.69) is 4.90 Å². The van der Waals surface area contributed by atoms with E-state index >= 15 is 0 Å². The summed E-state index contributed by atoms with van der Waals surface area (Å²) in [5, 5.41) is 10.8. The Morgan fingerprint density at radius 2 is 1.86 bits per heavy atom. The van der Waals surface area contributed by atoms with Gasteiger partial charge in [-0.1, -0.05) is 18.2 Å². The number of phenolic OH excluding ortho intramolecular Hbond substituents is 1. The first-order valence-electron chi connectivity index (χ1n) is 12.4. The van der Waals surface area contributed by atoms with Gasteiger partial charge >= 0.3 is 0 Å². The Bertz CT molecular complexity index is 1490. The number of Topliss-reactive ketones (excluding diaryl/α,β-unsaturated/α-hetero) is 1. The second-order valence-corrected chi connectivity index (χ2v) is 9.85. The van der Waals surface area contributed by atoms with Crippen molar-refractivity contribution in [3.05, 3.63) is 87.0 Å². The number of carbonyl (C=O) groups excluding carboxylic acids is 1. The highest BCUT2D eigenvalue weighted by molar-refractivity contribution is 6.15. The average molecular weight is 501 g/mol. The summed E-state index contributed by atoms with van der Waals surface area (Å²) in [7, 11) is 3.10. The van der Waals surface area contributed by atoms with Crippen molar-refractivity contribution in [3.63, 3.8) is 0 Å². The van der Waals surface area contributed by atoms with Crippen molar-refractivity contribution in [1.29, 1.82) is 0 Å². The Hall–Kier alpha value is -4.04. The molecule has 1 saturated heterocycles. The first-order chi connectivity index (χ1) is 18.0. The van der Waals surface area contributed by atoms with E-state index < -0.39 is 0 Å². The number of aromatic nitrogens is 1. The van der Waals surface area contributed by atoms with Crippen LogP contribution in [0.3, 0.4) is 0 Å². The number of ether oxygens (including phenoxy) is 3. The molecule has 0 amide bonds. The third kappa shape index (κ3) is 3.97. The van der Waals surface area contributed by atoms with Crippen LogP contribution in [0.1, 0.15) is 39.5 Å². The molecular weight excluding hydrogens is 472 g/mol. The van der Waals surface area contributed by atoms with Gasteiger partial charge in [-0.05, 0) is 42.7 Å². The van der Waals surface area contributed by atoms with E-state index in [4.69, 9.17) is 14.2 Å². The van der Waals surface area contributed by atoms with Crippen LogP contribution in [0.15, 0.2) is 59.1 Å². The van der Waals surface area contributed by atoms with E-state index in [1.54, 1.807) is 44.6 Å². The van der Waals surface area contributed by atoms with Crippen molar-refractivity contribution in [2.45, 2.75) is 25.4 Å². The van der Waals surface area contributed by atoms with Crippen LogP contribution in [0.5, 0.6) is 23.0 Å². The Balaban J connectivity index is 1.29. The van der Waals surface area contributed by atoms with Gasteiger partial charge in [-0.15, -0.1) is 0 Å². The minimum Gasteiger partial charge on any atom is -0.507 e. The zero-order chi connectivity index (χ0) is 25.7. The van der Waals surface area contributed by atoms with Crippen LogP contribution in [-0.4, -0.2) is 47.7 Å². The lowest BCUT2D eigenvalue weighted by molar-refractivity contribution is 0.101. The number of aromatic hydroxyl groups is 1. The number of para-hydroxylation sites is 1. The lowest BCUT2D eigenvalue weighted by Crippen LogP contribution is -2.46. The highest BCUT2D eigenvalue weighted by Crippen LogP contribution is 2.43. The summed E-state index contributed by atoms with van der Waals surface area (Å²) in [6, 6.07) is 14.1. The molecule has 1 N–H and O–H groups in total. The molecular formula is C29H28N2O6. The third-order valence-corrected chi connectivity index (χ3v) is 7.57. The van der Waals surface area contributed by atoms with E-state index in [-0.39, 0.29) is 28.8 Å². The van der Waals surface area contributed by atoms with E-state index in [1.165, 1.54) is 0 Å². The van der Waals surface area contributed by atoms with Gasteiger partial charge in [0.2, 0.25) is 5.78 Å². The second kappa shape index (κ2) is 9.12. The number of carbonyl (C=O) groups is 1. The summed E-state index contributed by atoms with van der Waals surface area (Å²) >= 11 is 0. The number of nitrogens with zero attached hydrogens (tertiary/aromatic N) is 2. The number of benzene rings is 2. The van der Waals surface area contributed by atoms with Gasteiger partial charge in [0.15, 0.2) is 17.3 Å². The number of phenols is 1. The monoisotopic (exact) mass is 500 g/mol. The van der Waals surface area contributed by atoms with Crippen molar-refractivity contribution < 1.29 is 24.1 Å². The SMILES string of the molecule is COc1cccc(C=C2Oc3c(ccc(O)c3CN3C[C@@H]4C[C@@H](C3)c3cccc(=O)n3C4)C2=O)c1OC. The zero-order valence-electron chi connectivity index (χ0n) is 20.8. The van der Waals surface area contributed by atoms with Gasteiger partial charge in [0.25, 0.3) is 5.56 Å². The summed E-state index contributed by atoms with van der Waals surface area (Å²) in [4.78, 5) is 27.9. The maximum Gasteiger partial charge on any atom is 0.250 e. The Labute approximate surface area is 214 Å². The molecule has 1 fully saturated rings. The predicted molar refractivity (Wildman–Crippen MR) is 137 cm³/mol. The molecule has 3 aliphatic rings. The molecule has 0 saturated carbocycles. The average Bonchev–Trinajstić information content (AvgIpc) is 3.21. The molecule has 0 spiro atoms. The minimum atomic E-state index is -0.245. The van der Waals surface area contributed by atoms with Crippen molar-refractivity contribution >= 4 is 11.9 Å².